The number of ether oxygens (including phenoxy) is 12. The Bertz CT molecular complexity index is 4470. The maximum absolute atomic E-state index is 15.2. The molecule has 1 unspecified atom stereocenters. The van der Waals surface area contributed by atoms with E-state index in [9.17, 15) is 24.1 Å². The van der Waals surface area contributed by atoms with Gasteiger partial charge < -0.3 is 72.2 Å². The number of rotatable bonds is 30. The van der Waals surface area contributed by atoms with Gasteiger partial charge in [0.05, 0.1) is 80.3 Å². The first kappa shape index (κ1) is 77.2. The fourth-order valence-electron chi connectivity index (χ4n) is 13.7. The highest BCUT2D eigenvalue weighted by molar-refractivity contribution is 6.31. The predicted octanol–water partition coefficient (Wildman–Crippen LogP) is 15.4. The van der Waals surface area contributed by atoms with E-state index in [1.807, 2.05) is 182 Å². The van der Waals surface area contributed by atoms with Crippen LogP contribution in [-0.2, 0) is 111 Å². The van der Waals surface area contributed by atoms with Crippen LogP contribution in [-0.4, -0.2) is 111 Å². The quantitative estimate of drug-likeness (QED) is 0.0363. The largest absolute Gasteiger partial charge is 0.494 e. The molecule has 0 spiro atoms. The third-order valence-corrected chi connectivity index (χ3v) is 20.1. The van der Waals surface area contributed by atoms with Gasteiger partial charge in [0.25, 0.3) is 0 Å². The smallest absolute Gasteiger partial charge is 0.225 e. The molecule has 2 bridgehead atoms. The Morgan fingerprint density at radius 3 is 1.12 bits per heavy atom. The van der Waals surface area contributed by atoms with Crippen molar-refractivity contribution < 1.29 is 89.7 Å². The van der Waals surface area contributed by atoms with E-state index in [2.05, 4.69) is 0 Å². The summed E-state index contributed by atoms with van der Waals surface area (Å²) in [6.07, 6.45) is -5.96. The zero-order chi connectivity index (χ0) is 74.3. The SMILES string of the molecule is COc1ccc(Cc2cc(C34OC[C@@](CO)(O3)[C@H](OCc3ccccc3)[C@H](OCc3ccccc3)[C@@H]4OCc3ccccc3)ccc2Cl)c(F)c1F.COc1ccc(Cc2cc([C@]3(OC)OC(CO)(CO)[C@@H](OCc4ccccc4)[C@H](OCc4ccccc4)[C@H]3OCc3ccccc3)ccc2Cl)c(F)c1F. The van der Waals surface area contributed by atoms with Gasteiger partial charge in [-0.2, -0.15) is 8.78 Å². The lowest BCUT2D eigenvalue weighted by Crippen LogP contribution is -2.72. The molecule has 15 nitrogen and oxygen atoms in total. The number of fused-ring (bicyclic) bond motifs is 2. The molecule has 3 saturated heterocycles. The van der Waals surface area contributed by atoms with Crippen molar-refractivity contribution in [3.05, 3.63) is 343 Å². The second-order valence-electron chi connectivity index (χ2n) is 26.1. The van der Waals surface area contributed by atoms with Crippen LogP contribution in [0.3, 0.4) is 0 Å². The van der Waals surface area contributed by atoms with Crippen LogP contribution in [0.25, 0.3) is 0 Å². The van der Waals surface area contributed by atoms with Crippen molar-refractivity contribution in [2.24, 2.45) is 0 Å². The van der Waals surface area contributed by atoms with Gasteiger partial charge in [-0.25, -0.2) is 8.78 Å². The molecule has 0 saturated carbocycles. The van der Waals surface area contributed by atoms with Gasteiger partial charge in [0.2, 0.25) is 23.2 Å². The molecule has 10 aromatic rings. The van der Waals surface area contributed by atoms with Gasteiger partial charge in [0, 0.05) is 41.1 Å². The highest BCUT2D eigenvalue weighted by Crippen LogP contribution is 2.54. The molecular formula is C85H82Cl2F4O15. The first-order valence-electron chi connectivity index (χ1n) is 34.6. The van der Waals surface area contributed by atoms with Crippen molar-refractivity contribution in [1.29, 1.82) is 0 Å². The van der Waals surface area contributed by atoms with E-state index in [0.29, 0.717) is 27.3 Å². The summed E-state index contributed by atoms with van der Waals surface area (Å²) < 4.78 is 137. The van der Waals surface area contributed by atoms with Crippen LogP contribution < -0.4 is 9.47 Å². The first-order valence-corrected chi connectivity index (χ1v) is 35.3. The number of halogens is 6. The Hall–Kier alpha value is -8.42. The average molecular weight is 1490 g/mol. The standard InChI is InChI=1S/C43H43ClF2O8.C42H39ClF2O7/c1-49-36-21-18-32(37(45)38(36)46)22-33-23-34(19-20-35(33)44)43(50-2)41(53-26-31-16-10-5-11-17-31)39(51-24-29-12-6-3-7-13-29)40(42(27-47,28-48)54-43)52-25-30-14-8-4-9-15-30;1-47-35-20-17-31(36(44)37(35)45)21-32-22-33(18-19-34(32)43)42-40(50-25-30-15-9-4-10-16-30)38(48-23-28-11-5-2-6-12-28)39(41(26-46,52-42)27-51-42)49-24-29-13-7-3-8-14-29/h3-21,23,39-41,47-48H,22,24-28H2,1-2H3;2-20,22,38-40,46H,21,23-27H2,1H3/t39-,40-,41+,43-;38-,39+,40-,41+,42?/m00/s1. The van der Waals surface area contributed by atoms with E-state index in [0.717, 1.165) is 33.4 Å². The number of hydrogen-bond donors (Lipinski definition) is 3. The molecule has 554 valence electrons. The molecule has 0 amide bonds. The van der Waals surface area contributed by atoms with Crippen molar-refractivity contribution in [2.75, 3.05) is 47.8 Å². The topological polar surface area (TPSA) is 171 Å². The van der Waals surface area contributed by atoms with Crippen molar-refractivity contribution in [3.63, 3.8) is 0 Å². The van der Waals surface area contributed by atoms with E-state index in [1.165, 1.54) is 45.6 Å². The summed E-state index contributed by atoms with van der Waals surface area (Å²) >= 11 is 13.4. The Kier molecular flexibility index (Phi) is 25.9. The third kappa shape index (κ3) is 17.0. The Morgan fingerprint density at radius 1 is 0.377 bits per heavy atom. The first-order chi connectivity index (χ1) is 51.6. The zero-order valence-corrected chi connectivity index (χ0v) is 60.1. The van der Waals surface area contributed by atoms with Crippen LogP contribution in [0.5, 0.6) is 11.5 Å². The van der Waals surface area contributed by atoms with E-state index in [1.54, 1.807) is 36.4 Å². The average Bonchev–Trinajstić information content (AvgIpc) is 1.48. The summed E-state index contributed by atoms with van der Waals surface area (Å²) in [5, 5.41) is 34.0. The summed E-state index contributed by atoms with van der Waals surface area (Å²) in [6, 6.07) is 73.3. The minimum absolute atomic E-state index is 0.0348. The molecule has 0 aromatic heterocycles. The minimum atomic E-state index is -1.88. The molecule has 10 aromatic carbocycles. The second kappa shape index (κ2) is 35.5. The van der Waals surface area contributed by atoms with Crippen molar-refractivity contribution in [2.45, 2.75) is 112 Å². The molecule has 21 heteroatoms. The summed E-state index contributed by atoms with van der Waals surface area (Å²) in [6.45, 7) is -0.952. The molecule has 3 aliphatic heterocycles. The van der Waals surface area contributed by atoms with E-state index < -0.39 is 102 Å². The van der Waals surface area contributed by atoms with Gasteiger partial charge in [-0.05, 0) is 92.0 Å². The third-order valence-electron chi connectivity index (χ3n) is 19.3. The highest BCUT2D eigenvalue weighted by atomic mass is 35.5. The molecule has 9 atom stereocenters. The van der Waals surface area contributed by atoms with E-state index >= 15 is 8.78 Å². The Labute approximate surface area is 623 Å². The lowest BCUT2D eigenvalue weighted by Gasteiger charge is -2.56. The summed E-state index contributed by atoms with van der Waals surface area (Å²) in [7, 11) is 3.96. The summed E-state index contributed by atoms with van der Waals surface area (Å²) in [5.74, 6) is -8.20. The highest BCUT2D eigenvalue weighted by Gasteiger charge is 2.70. The fraction of sp³-hybridized carbons (Fsp3) is 0.294. The van der Waals surface area contributed by atoms with Crippen LogP contribution in [0.1, 0.15) is 66.8 Å². The number of hydrogen-bond acceptors (Lipinski definition) is 15. The van der Waals surface area contributed by atoms with Gasteiger partial charge in [-0.15, -0.1) is 0 Å². The van der Waals surface area contributed by atoms with Gasteiger partial charge in [-0.1, -0.05) is 229 Å². The van der Waals surface area contributed by atoms with Crippen LogP contribution in [0.2, 0.25) is 10.0 Å². The van der Waals surface area contributed by atoms with E-state index in [4.69, 9.17) is 80.0 Å². The number of methoxy groups -OCH3 is 3. The predicted molar refractivity (Wildman–Crippen MR) is 390 cm³/mol. The van der Waals surface area contributed by atoms with Crippen LogP contribution in [0.15, 0.2) is 243 Å². The summed E-state index contributed by atoms with van der Waals surface area (Å²) in [5.41, 5.74) is 4.08. The molecule has 3 fully saturated rings. The maximum Gasteiger partial charge on any atom is 0.225 e. The summed E-state index contributed by atoms with van der Waals surface area (Å²) in [4.78, 5) is 0. The lowest BCUT2D eigenvalue weighted by atomic mass is 9.80. The molecule has 0 radical (unpaired) electrons. The molecule has 3 aliphatic rings. The Balaban J connectivity index is 0.000000199. The monoisotopic (exact) mass is 1490 g/mol. The fourth-order valence-corrected chi connectivity index (χ4v) is 14.1. The maximum atomic E-state index is 15.2. The second-order valence-corrected chi connectivity index (χ2v) is 26.9. The van der Waals surface area contributed by atoms with Crippen molar-refractivity contribution in [1.82, 2.24) is 0 Å². The van der Waals surface area contributed by atoms with Gasteiger partial charge in [0.15, 0.2) is 23.1 Å². The molecule has 3 heterocycles. The minimum Gasteiger partial charge on any atom is -0.494 e. The zero-order valence-electron chi connectivity index (χ0n) is 58.6. The molecular weight excluding hydrogens is 1410 g/mol. The van der Waals surface area contributed by atoms with E-state index in [-0.39, 0.29) is 86.7 Å². The van der Waals surface area contributed by atoms with Gasteiger partial charge in [0.1, 0.15) is 47.8 Å². The van der Waals surface area contributed by atoms with Crippen molar-refractivity contribution >= 4 is 23.2 Å². The number of aliphatic hydroxyl groups is 3. The van der Waals surface area contributed by atoms with Crippen LogP contribution in [0, 0.1) is 23.3 Å². The molecule has 106 heavy (non-hydrogen) atoms. The van der Waals surface area contributed by atoms with Gasteiger partial charge in [-0.3, -0.25) is 0 Å². The molecule has 3 N–H and O–H groups in total. The van der Waals surface area contributed by atoms with Crippen molar-refractivity contribution in [3.8, 4) is 11.5 Å². The van der Waals surface area contributed by atoms with Crippen LogP contribution >= 0.6 is 23.2 Å². The Morgan fingerprint density at radius 2 is 0.736 bits per heavy atom. The normalized spacial score (nSPS) is 22.3. The van der Waals surface area contributed by atoms with Crippen LogP contribution in [0.4, 0.5) is 17.6 Å². The molecule has 0 aliphatic carbocycles. The lowest BCUT2D eigenvalue weighted by molar-refractivity contribution is -0.417. The number of aliphatic hydroxyl groups excluding tert-OH is 3. The molecule has 13 rings (SSSR count). The van der Waals surface area contributed by atoms with Gasteiger partial charge >= 0.3 is 0 Å². The number of benzene rings is 10.